The van der Waals surface area contributed by atoms with E-state index in [0.717, 1.165) is 24.7 Å². The Morgan fingerprint density at radius 2 is 2.00 bits per heavy atom. The van der Waals surface area contributed by atoms with Crippen LogP contribution in [0.15, 0.2) is 24.3 Å². The molecule has 0 saturated carbocycles. The number of para-hydroxylation sites is 1. The molecule has 0 aliphatic carbocycles. The van der Waals surface area contributed by atoms with Crippen LogP contribution in [0.5, 0.6) is 5.75 Å². The van der Waals surface area contributed by atoms with Crippen molar-refractivity contribution in [1.29, 1.82) is 0 Å². The Labute approximate surface area is 128 Å². The summed E-state index contributed by atoms with van der Waals surface area (Å²) in [6.45, 7) is 9.18. The van der Waals surface area contributed by atoms with Crippen molar-refractivity contribution in [3.8, 4) is 5.75 Å². The van der Waals surface area contributed by atoms with E-state index in [4.69, 9.17) is 4.74 Å². The molecule has 2 heterocycles. The van der Waals surface area contributed by atoms with Gasteiger partial charge in [0, 0.05) is 24.1 Å². The number of benzene rings is 1. The number of hydrogen-bond donors (Lipinski definition) is 1. The lowest BCUT2D eigenvalue weighted by Gasteiger charge is -2.37. The first kappa shape index (κ1) is 14.9. The molecule has 3 nitrogen and oxygen atoms in total. The molecule has 1 aromatic rings. The smallest absolute Gasteiger partial charge is 0.124 e. The van der Waals surface area contributed by atoms with Gasteiger partial charge in [-0.1, -0.05) is 25.1 Å². The molecule has 0 radical (unpaired) electrons. The summed E-state index contributed by atoms with van der Waals surface area (Å²) in [7, 11) is 0. The van der Waals surface area contributed by atoms with Gasteiger partial charge in [-0.15, -0.1) is 0 Å². The van der Waals surface area contributed by atoms with Gasteiger partial charge in [-0.05, 0) is 51.4 Å². The number of nitrogens with one attached hydrogen (secondary N) is 1. The van der Waals surface area contributed by atoms with Crippen LogP contribution in [-0.4, -0.2) is 37.2 Å². The van der Waals surface area contributed by atoms with Crippen LogP contribution >= 0.6 is 0 Å². The molecule has 1 fully saturated rings. The molecule has 0 amide bonds. The fraction of sp³-hybridized carbons (Fsp3) is 0.667. The normalized spacial score (nSPS) is 25.1. The zero-order valence-corrected chi connectivity index (χ0v) is 13.3. The molecule has 1 aromatic carbocycles. The second-order valence-electron chi connectivity index (χ2n) is 6.45. The molecule has 0 bridgehead atoms. The summed E-state index contributed by atoms with van der Waals surface area (Å²) in [5, 5.41) is 3.88. The highest BCUT2D eigenvalue weighted by Gasteiger charge is 2.27. The maximum atomic E-state index is 5.76. The Hall–Kier alpha value is -1.06. The van der Waals surface area contributed by atoms with Gasteiger partial charge in [0.1, 0.15) is 5.75 Å². The Balaban J connectivity index is 1.60. The molecule has 2 atom stereocenters. The summed E-state index contributed by atoms with van der Waals surface area (Å²) in [6.07, 6.45) is 3.73. The van der Waals surface area contributed by atoms with Gasteiger partial charge in [0.05, 0.1) is 6.61 Å². The van der Waals surface area contributed by atoms with Crippen molar-refractivity contribution in [1.82, 2.24) is 10.2 Å². The number of piperidine rings is 1. The van der Waals surface area contributed by atoms with Crippen molar-refractivity contribution in [3.05, 3.63) is 29.8 Å². The highest BCUT2D eigenvalue weighted by Crippen LogP contribution is 2.33. The monoisotopic (exact) mass is 288 g/mol. The molecule has 21 heavy (non-hydrogen) atoms. The van der Waals surface area contributed by atoms with Crippen molar-refractivity contribution in [2.24, 2.45) is 5.92 Å². The fourth-order valence-corrected chi connectivity index (χ4v) is 3.74. The second-order valence-corrected chi connectivity index (χ2v) is 6.45. The lowest BCUT2D eigenvalue weighted by Crippen LogP contribution is -2.43. The number of rotatable bonds is 4. The van der Waals surface area contributed by atoms with Crippen molar-refractivity contribution < 1.29 is 4.74 Å². The maximum Gasteiger partial charge on any atom is 0.124 e. The second kappa shape index (κ2) is 6.80. The Bertz CT molecular complexity index is 454. The van der Waals surface area contributed by atoms with Gasteiger partial charge in [-0.25, -0.2) is 0 Å². The zero-order valence-electron chi connectivity index (χ0n) is 13.3. The van der Waals surface area contributed by atoms with Crippen LogP contribution in [0.1, 0.15) is 44.7 Å². The molecule has 2 aliphatic rings. The Kier molecular flexibility index (Phi) is 4.81. The minimum absolute atomic E-state index is 0.453. The van der Waals surface area contributed by atoms with E-state index >= 15 is 0 Å². The molecule has 116 valence electrons. The van der Waals surface area contributed by atoms with Crippen LogP contribution in [0, 0.1) is 5.92 Å². The van der Waals surface area contributed by atoms with Gasteiger partial charge in [-0.3, -0.25) is 0 Å². The molecular formula is C18H28N2O. The minimum Gasteiger partial charge on any atom is -0.493 e. The Morgan fingerprint density at radius 3 is 2.76 bits per heavy atom. The highest BCUT2D eigenvalue weighted by molar-refractivity contribution is 5.37. The lowest BCUT2D eigenvalue weighted by atomic mass is 9.89. The van der Waals surface area contributed by atoms with Crippen molar-refractivity contribution in [2.75, 3.05) is 26.2 Å². The molecule has 1 saturated heterocycles. The molecule has 2 aliphatic heterocycles. The largest absolute Gasteiger partial charge is 0.493 e. The average molecular weight is 288 g/mol. The molecule has 3 heteroatoms. The first-order valence-corrected chi connectivity index (χ1v) is 8.48. The number of nitrogens with zero attached hydrogens (tertiary/aromatic N) is 1. The van der Waals surface area contributed by atoms with E-state index in [-0.39, 0.29) is 0 Å². The van der Waals surface area contributed by atoms with Gasteiger partial charge in [0.2, 0.25) is 0 Å². The SMILES string of the molecule is CCN1CCC(C(C)NC2CCOc3ccccc32)CC1. The predicted octanol–water partition coefficient (Wildman–Crippen LogP) is 3.22. The quantitative estimate of drug-likeness (QED) is 0.920. The van der Waals surface area contributed by atoms with E-state index < -0.39 is 0 Å². The highest BCUT2D eigenvalue weighted by atomic mass is 16.5. The summed E-state index contributed by atoms with van der Waals surface area (Å²) in [4.78, 5) is 2.56. The predicted molar refractivity (Wildman–Crippen MR) is 86.7 cm³/mol. The molecule has 1 N–H and O–H groups in total. The van der Waals surface area contributed by atoms with Crippen LogP contribution in [0.25, 0.3) is 0 Å². The van der Waals surface area contributed by atoms with Gasteiger partial charge in [-0.2, -0.15) is 0 Å². The van der Waals surface area contributed by atoms with Gasteiger partial charge in [0.15, 0.2) is 0 Å². The first-order chi connectivity index (χ1) is 10.3. The molecule has 3 rings (SSSR count). The van der Waals surface area contributed by atoms with Crippen LogP contribution in [0.2, 0.25) is 0 Å². The first-order valence-electron chi connectivity index (χ1n) is 8.48. The lowest BCUT2D eigenvalue weighted by molar-refractivity contribution is 0.157. The number of likely N-dealkylation sites (tertiary alicyclic amines) is 1. The summed E-state index contributed by atoms with van der Waals surface area (Å²) in [5.74, 6) is 1.87. The van der Waals surface area contributed by atoms with Crippen LogP contribution in [0.4, 0.5) is 0 Å². The zero-order chi connectivity index (χ0) is 14.7. The van der Waals surface area contributed by atoms with E-state index in [9.17, 15) is 0 Å². The topological polar surface area (TPSA) is 24.5 Å². The van der Waals surface area contributed by atoms with E-state index in [1.54, 1.807) is 0 Å². The van der Waals surface area contributed by atoms with E-state index in [2.05, 4.69) is 48.3 Å². The number of hydrogen-bond acceptors (Lipinski definition) is 3. The fourth-order valence-electron chi connectivity index (χ4n) is 3.74. The maximum absolute atomic E-state index is 5.76. The summed E-state index contributed by atoms with van der Waals surface area (Å²) in [6, 6.07) is 9.51. The molecular weight excluding hydrogens is 260 g/mol. The standard InChI is InChI=1S/C18H28N2O/c1-3-20-11-8-15(9-12-20)14(2)19-17-10-13-21-18-7-5-4-6-16(17)18/h4-7,14-15,17,19H,3,8-13H2,1-2H3. The van der Waals surface area contributed by atoms with Crippen molar-refractivity contribution in [2.45, 2.75) is 45.2 Å². The third-order valence-corrected chi connectivity index (χ3v) is 5.21. The van der Waals surface area contributed by atoms with Gasteiger partial charge < -0.3 is 15.0 Å². The summed E-state index contributed by atoms with van der Waals surface area (Å²) >= 11 is 0. The third-order valence-electron chi connectivity index (χ3n) is 5.21. The average Bonchev–Trinajstić information content (AvgIpc) is 2.55. The van der Waals surface area contributed by atoms with Crippen LogP contribution in [0.3, 0.4) is 0 Å². The van der Waals surface area contributed by atoms with Gasteiger partial charge >= 0.3 is 0 Å². The molecule has 0 spiro atoms. The van der Waals surface area contributed by atoms with E-state index in [0.29, 0.717) is 12.1 Å². The summed E-state index contributed by atoms with van der Waals surface area (Å²) < 4.78 is 5.76. The summed E-state index contributed by atoms with van der Waals surface area (Å²) in [5.41, 5.74) is 1.33. The van der Waals surface area contributed by atoms with Crippen molar-refractivity contribution in [3.63, 3.8) is 0 Å². The third kappa shape index (κ3) is 3.41. The van der Waals surface area contributed by atoms with Crippen molar-refractivity contribution >= 4 is 0 Å². The molecule has 2 unspecified atom stereocenters. The van der Waals surface area contributed by atoms with Crippen LogP contribution in [-0.2, 0) is 0 Å². The van der Waals surface area contributed by atoms with E-state index in [1.165, 1.54) is 38.0 Å². The Morgan fingerprint density at radius 1 is 1.24 bits per heavy atom. The minimum atomic E-state index is 0.453. The number of fused-ring (bicyclic) bond motifs is 1. The van der Waals surface area contributed by atoms with E-state index in [1.807, 2.05) is 0 Å². The number of ether oxygens (including phenoxy) is 1. The van der Waals surface area contributed by atoms with Gasteiger partial charge in [0.25, 0.3) is 0 Å². The molecule has 0 aromatic heterocycles. The van der Waals surface area contributed by atoms with Crippen LogP contribution < -0.4 is 10.1 Å².